The first-order valence-electron chi connectivity index (χ1n) is 6.47. The molecule has 0 unspecified atom stereocenters. The SMILES string of the molecule is NC(=O)c1c2c(c(C(F)(F)F)[nH]c1=O)CCCCCC2. The van der Waals surface area contributed by atoms with E-state index >= 15 is 0 Å². The van der Waals surface area contributed by atoms with Crippen LogP contribution in [-0.4, -0.2) is 10.9 Å². The van der Waals surface area contributed by atoms with Gasteiger partial charge < -0.3 is 10.7 Å². The Balaban J connectivity index is 2.74. The molecule has 1 aromatic heterocycles. The number of H-pyrrole nitrogens is 1. The van der Waals surface area contributed by atoms with E-state index in [4.69, 9.17) is 5.73 Å². The molecule has 0 bridgehead atoms. The van der Waals surface area contributed by atoms with E-state index in [0.29, 0.717) is 12.8 Å². The summed E-state index contributed by atoms with van der Waals surface area (Å²) in [6.07, 6.45) is -1.22. The zero-order valence-electron chi connectivity index (χ0n) is 10.8. The van der Waals surface area contributed by atoms with Crippen molar-refractivity contribution in [2.24, 2.45) is 5.73 Å². The topological polar surface area (TPSA) is 76.0 Å². The van der Waals surface area contributed by atoms with Crippen LogP contribution in [0.15, 0.2) is 4.79 Å². The molecule has 20 heavy (non-hydrogen) atoms. The Bertz CT molecular complexity index is 591. The van der Waals surface area contributed by atoms with Crippen LogP contribution in [0.1, 0.15) is 52.9 Å². The van der Waals surface area contributed by atoms with Crippen LogP contribution in [0.2, 0.25) is 0 Å². The quantitative estimate of drug-likeness (QED) is 0.830. The number of pyridine rings is 1. The highest BCUT2D eigenvalue weighted by molar-refractivity contribution is 5.94. The number of nitrogens with one attached hydrogen (secondary N) is 1. The molecule has 7 heteroatoms. The lowest BCUT2D eigenvalue weighted by Crippen LogP contribution is -2.31. The van der Waals surface area contributed by atoms with Crippen molar-refractivity contribution in [3.63, 3.8) is 0 Å². The lowest BCUT2D eigenvalue weighted by molar-refractivity contribution is -0.142. The third-order valence-electron chi connectivity index (χ3n) is 3.57. The summed E-state index contributed by atoms with van der Waals surface area (Å²) in [4.78, 5) is 24.9. The van der Waals surface area contributed by atoms with Gasteiger partial charge in [0.25, 0.3) is 11.5 Å². The van der Waals surface area contributed by atoms with Crippen molar-refractivity contribution in [1.29, 1.82) is 0 Å². The number of hydrogen-bond donors (Lipinski definition) is 2. The fraction of sp³-hybridized carbons (Fsp3) is 0.538. The van der Waals surface area contributed by atoms with E-state index < -0.39 is 23.3 Å². The predicted octanol–water partition coefficient (Wildman–Crippen LogP) is 2.15. The van der Waals surface area contributed by atoms with Gasteiger partial charge in [0.05, 0.1) is 0 Å². The van der Waals surface area contributed by atoms with Crippen LogP contribution < -0.4 is 11.3 Å². The molecule has 1 aliphatic rings. The Hall–Kier alpha value is -1.79. The van der Waals surface area contributed by atoms with Crippen molar-refractivity contribution < 1.29 is 18.0 Å². The van der Waals surface area contributed by atoms with E-state index in [1.165, 1.54) is 0 Å². The highest BCUT2D eigenvalue weighted by atomic mass is 19.4. The lowest BCUT2D eigenvalue weighted by atomic mass is 9.89. The van der Waals surface area contributed by atoms with Gasteiger partial charge in [-0.1, -0.05) is 12.8 Å². The largest absolute Gasteiger partial charge is 0.431 e. The number of carbonyl (C=O) groups excluding carboxylic acids is 1. The molecule has 1 aliphatic carbocycles. The summed E-state index contributed by atoms with van der Waals surface area (Å²) in [7, 11) is 0. The second-order valence-electron chi connectivity index (χ2n) is 4.94. The first kappa shape index (κ1) is 14.6. The van der Waals surface area contributed by atoms with E-state index in [-0.39, 0.29) is 29.5 Å². The van der Waals surface area contributed by atoms with Crippen molar-refractivity contribution in [1.82, 2.24) is 4.98 Å². The average molecular weight is 288 g/mol. The van der Waals surface area contributed by atoms with Crippen molar-refractivity contribution in [3.8, 4) is 0 Å². The Labute approximate surface area is 113 Å². The lowest BCUT2D eigenvalue weighted by Gasteiger charge is -2.20. The number of aromatic amines is 1. The van der Waals surface area contributed by atoms with E-state index in [9.17, 15) is 22.8 Å². The van der Waals surface area contributed by atoms with Crippen molar-refractivity contribution in [2.45, 2.75) is 44.7 Å². The van der Waals surface area contributed by atoms with Gasteiger partial charge in [-0.15, -0.1) is 0 Å². The van der Waals surface area contributed by atoms with Crippen LogP contribution in [0.25, 0.3) is 0 Å². The van der Waals surface area contributed by atoms with Crippen LogP contribution in [0.5, 0.6) is 0 Å². The maximum absolute atomic E-state index is 13.0. The first-order valence-corrected chi connectivity index (χ1v) is 6.47. The normalized spacial score (nSPS) is 16.1. The van der Waals surface area contributed by atoms with Crippen molar-refractivity contribution in [2.75, 3.05) is 0 Å². The van der Waals surface area contributed by atoms with E-state index in [1.807, 2.05) is 0 Å². The fourth-order valence-electron chi connectivity index (χ4n) is 2.70. The first-order chi connectivity index (χ1) is 9.32. The van der Waals surface area contributed by atoms with Gasteiger partial charge in [-0.25, -0.2) is 0 Å². The maximum Gasteiger partial charge on any atom is 0.431 e. The number of fused-ring (bicyclic) bond motifs is 1. The number of alkyl halides is 3. The molecular weight excluding hydrogens is 273 g/mol. The van der Waals surface area contributed by atoms with Crippen LogP contribution in [0, 0.1) is 0 Å². The van der Waals surface area contributed by atoms with Gasteiger partial charge in [0.2, 0.25) is 0 Å². The van der Waals surface area contributed by atoms with Gasteiger partial charge in [-0.2, -0.15) is 13.2 Å². The minimum Gasteiger partial charge on any atom is -0.365 e. The molecule has 110 valence electrons. The van der Waals surface area contributed by atoms with Crippen molar-refractivity contribution >= 4 is 5.91 Å². The van der Waals surface area contributed by atoms with Gasteiger partial charge in [0, 0.05) is 0 Å². The van der Waals surface area contributed by atoms with Gasteiger partial charge in [-0.05, 0) is 36.8 Å². The van der Waals surface area contributed by atoms with Gasteiger partial charge in [0.1, 0.15) is 11.3 Å². The molecule has 0 aliphatic heterocycles. The Morgan fingerprint density at radius 3 is 2.10 bits per heavy atom. The summed E-state index contributed by atoms with van der Waals surface area (Å²) in [6, 6.07) is 0. The summed E-state index contributed by atoms with van der Waals surface area (Å²) in [6.45, 7) is 0. The second-order valence-corrected chi connectivity index (χ2v) is 4.94. The molecule has 0 atom stereocenters. The Morgan fingerprint density at radius 2 is 1.60 bits per heavy atom. The summed E-state index contributed by atoms with van der Waals surface area (Å²) < 4.78 is 39.1. The molecule has 0 saturated carbocycles. The molecule has 0 radical (unpaired) electrons. The van der Waals surface area contributed by atoms with Gasteiger partial charge in [-0.3, -0.25) is 9.59 Å². The van der Waals surface area contributed by atoms with Crippen molar-refractivity contribution in [3.05, 3.63) is 32.7 Å². The number of carbonyl (C=O) groups is 1. The predicted molar refractivity (Wildman–Crippen MR) is 66.5 cm³/mol. The Kier molecular flexibility index (Phi) is 3.87. The zero-order valence-corrected chi connectivity index (χ0v) is 10.8. The minimum atomic E-state index is -4.64. The minimum absolute atomic E-state index is 0.0191. The van der Waals surface area contributed by atoms with E-state index in [0.717, 1.165) is 12.8 Å². The smallest absolute Gasteiger partial charge is 0.365 e. The molecule has 0 saturated heterocycles. The van der Waals surface area contributed by atoms with Crippen LogP contribution in [0.3, 0.4) is 0 Å². The molecule has 1 heterocycles. The third kappa shape index (κ3) is 2.71. The number of halogens is 3. The fourth-order valence-corrected chi connectivity index (χ4v) is 2.70. The summed E-state index contributed by atoms with van der Waals surface area (Å²) in [5, 5.41) is 0. The maximum atomic E-state index is 13.0. The zero-order chi connectivity index (χ0) is 14.9. The summed E-state index contributed by atoms with van der Waals surface area (Å²) in [5.74, 6) is -0.975. The second kappa shape index (κ2) is 5.30. The molecule has 0 aromatic carbocycles. The molecule has 0 spiro atoms. The average Bonchev–Trinajstić information content (AvgIpc) is 2.28. The van der Waals surface area contributed by atoms with Gasteiger partial charge in [0.15, 0.2) is 0 Å². The molecule has 1 aromatic rings. The third-order valence-corrected chi connectivity index (χ3v) is 3.57. The van der Waals surface area contributed by atoms with Crippen LogP contribution in [0.4, 0.5) is 13.2 Å². The number of nitrogens with two attached hydrogens (primary N) is 1. The monoisotopic (exact) mass is 288 g/mol. The standard InChI is InChI=1S/C13H15F3N2O2/c14-13(15,16)10-8-6-4-2-1-3-5-7(8)9(11(17)19)12(20)18-10/h1-6H2,(H2,17,19)(H,18,20). The molecule has 4 nitrogen and oxygen atoms in total. The number of aromatic nitrogens is 1. The molecular formula is C13H15F3N2O2. The molecule has 3 N–H and O–H groups in total. The molecule has 1 amide bonds. The van der Waals surface area contributed by atoms with E-state index in [2.05, 4.69) is 0 Å². The number of amides is 1. The highest BCUT2D eigenvalue weighted by Gasteiger charge is 2.37. The molecule has 2 rings (SSSR count). The van der Waals surface area contributed by atoms with E-state index in [1.54, 1.807) is 4.98 Å². The van der Waals surface area contributed by atoms with Crippen LogP contribution in [-0.2, 0) is 19.0 Å². The number of primary amides is 1. The summed E-state index contributed by atoms with van der Waals surface area (Å²) >= 11 is 0. The number of rotatable bonds is 1. The number of hydrogen-bond acceptors (Lipinski definition) is 2. The Morgan fingerprint density at radius 1 is 1.05 bits per heavy atom. The van der Waals surface area contributed by atoms with Gasteiger partial charge >= 0.3 is 6.18 Å². The summed E-state index contributed by atoms with van der Waals surface area (Å²) in [5.41, 5.74) is 2.93. The van der Waals surface area contributed by atoms with Crippen LogP contribution >= 0.6 is 0 Å². The molecule has 0 fully saturated rings. The highest BCUT2D eigenvalue weighted by Crippen LogP contribution is 2.34.